The van der Waals surface area contributed by atoms with Gasteiger partial charge in [0.2, 0.25) is 0 Å². The van der Waals surface area contributed by atoms with E-state index in [1.54, 1.807) is 22.4 Å². The molecular formula is C14H14N2O3S2. The molecule has 2 aromatic rings. The number of aliphatic carboxylic acids is 1. The SMILES string of the molecule is O=C(O)C1CCN(C(=O)c2cnc(-c3cccs3)s2)CC1. The Morgan fingerprint density at radius 1 is 1.33 bits per heavy atom. The van der Waals surface area contributed by atoms with Crippen molar-refractivity contribution in [3.63, 3.8) is 0 Å². The molecule has 21 heavy (non-hydrogen) atoms. The summed E-state index contributed by atoms with van der Waals surface area (Å²) >= 11 is 2.99. The van der Waals surface area contributed by atoms with E-state index in [9.17, 15) is 9.59 Å². The van der Waals surface area contributed by atoms with Gasteiger partial charge in [-0.3, -0.25) is 9.59 Å². The summed E-state index contributed by atoms with van der Waals surface area (Å²) < 4.78 is 0. The van der Waals surface area contributed by atoms with Gasteiger partial charge in [-0.25, -0.2) is 4.98 Å². The summed E-state index contributed by atoms with van der Waals surface area (Å²) in [5.41, 5.74) is 0. The average Bonchev–Trinajstić information content (AvgIpc) is 3.17. The minimum atomic E-state index is -0.764. The third-order valence-electron chi connectivity index (χ3n) is 3.58. The Balaban J connectivity index is 1.68. The molecule has 3 rings (SSSR count). The lowest BCUT2D eigenvalue weighted by Crippen LogP contribution is -2.39. The molecule has 1 aliphatic heterocycles. The van der Waals surface area contributed by atoms with Crippen molar-refractivity contribution in [3.8, 4) is 9.88 Å². The zero-order valence-corrected chi connectivity index (χ0v) is 12.8. The van der Waals surface area contributed by atoms with Crippen molar-refractivity contribution < 1.29 is 14.7 Å². The van der Waals surface area contributed by atoms with Crippen molar-refractivity contribution in [2.45, 2.75) is 12.8 Å². The van der Waals surface area contributed by atoms with Crippen LogP contribution in [0, 0.1) is 5.92 Å². The number of thiophene rings is 1. The van der Waals surface area contributed by atoms with E-state index in [-0.39, 0.29) is 11.8 Å². The van der Waals surface area contributed by atoms with E-state index < -0.39 is 5.97 Å². The van der Waals surface area contributed by atoms with Gasteiger partial charge in [-0.2, -0.15) is 0 Å². The molecule has 0 unspecified atom stereocenters. The molecule has 1 aliphatic rings. The van der Waals surface area contributed by atoms with Crippen LogP contribution in [-0.2, 0) is 4.79 Å². The fraction of sp³-hybridized carbons (Fsp3) is 0.357. The maximum absolute atomic E-state index is 12.4. The number of carbonyl (C=O) groups is 2. The number of likely N-dealkylation sites (tertiary alicyclic amines) is 1. The monoisotopic (exact) mass is 322 g/mol. The van der Waals surface area contributed by atoms with E-state index in [4.69, 9.17) is 5.11 Å². The Labute approximate surface area is 129 Å². The van der Waals surface area contributed by atoms with Crippen LogP contribution in [0.1, 0.15) is 22.5 Å². The molecule has 0 aromatic carbocycles. The normalized spacial score (nSPS) is 16.1. The Morgan fingerprint density at radius 3 is 2.71 bits per heavy atom. The Morgan fingerprint density at radius 2 is 2.10 bits per heavy atom. The molecule has 1 amide bonds. The molecule has 0 bridgehead atoms. The third-order valence-corrected chi connectivity index (χ3v) is 5.60. The fourth-order valence-corrected chi connectivity index (χ4v) is 4.06. The standard InChI is InChI=1S/C14H14N2O3S2/c17-13(16-5-3-9(4-6-16)14(18)19)11-8-15-12(21-11)10-2-1-7-20-10/h1-2,7-9H,3-6H2,(H,18,19). The summed E-state index contributed by atoms with van der Waals surface area (Å²) in [4.78, 5) is 31.0. The van der Waals surface area contributed by atoms with Crippen molar-refractivity contribution in [1.29, 1.82) is 0 Å². The number of rotatable bonds is 3. The highest BCUT2D eigenvalue weighted by Gasteiger charge is 2.28. The van der Waals surface area contributed by atoms with Gasteiger partial charge in [-0.1, -0.05) is 6.07 Å². The first-order valence-electron chi connectivity index (χ1n) is 6.67. The molecule has 7 heteroatoms. The van der Waals surface area contributed by atoms with E-state index >= 15 is 0 Å². The fourth-order valence-electron chi connectivity index (χ4n) is 2.37. The highest BCUT2D eigenvalue weighted by atomic mass is 32.1. The van der Waals surface area contributed by atoms with Crippen LogP contribution >= 0.6 is 22.7 Å². The lowest BCUT2D eigenvalue weighted by Gasteiger charge is -2.29. The highest BCUT2D eigenvalue weighted by molar-refractivity contribution is 7.21. The van der Waals surface area contributed by atoms with Crippen molar-refractivity contribution in [2.24, 2.45) is 5.92 Å². The van der Waals surface area contributed by atoms with E-state index in [2.05, 4.69) is 4.98 Å². The number of aromatic nitrogens is 1. The molecule has 1 N–H and O–H groups in total. The van der Waals surface area contributed by atoms with Gasteiger partial charge in [0.05, 0.1) is 17.0 Å². The lowest BCUT2D eigenvalue weighted by molar-refractivity contribution is -0.143. The number of carbonyl (C=O) groups excluding carboxylic acids is 1. The van der Waals surface area contributed by atoms with Crippen LogP contribution in [0.15, 0.2) is 23.7 Å². The van der Waals surface area contributed by atoms with Gasteiger partial charge < -0.3 is 10.0 Å². The number of carboxylic acids is 1. The second-order valence-electron chi connectivity index (χ2n) is 4.91. The summed E-state index contributed by atoms with van der Waals surface area (Å²) in [7, 11) is 0. The third kappa shape index (κ3) is 2.98. The molecule has 110 valence electrons. The van der Waals surface area contributed by atoms with Crippen LogP contribution in [0.4, 0.5) is 0 Å². The van der Waals surface area contributed by atoms with Gasteiger partial charge in [-0.15, -0.1) is 22.7 Å². The zero-order chi connectivity index (χ0) is 14.8. The minimum absolute atomic E-state index is 0.0425. The van der Waals surface area contributed by atoms with E-state index in [1.807, 2.05) is 17.5 Å². The van der Waals surface area contributed by atoms with Gasteiger partial charge in [0, 0.05) is 13.1 Å². The number of piperidine rings is 1. The number of amides is 1. The van der Waals surface area contributed by atoms with Crippen molar-refractivity contribution in [2.75, 3.05) is 13.1 Å². The molecule has 5 nitrogen and oxygen atoms in total. The van der Waals surface area contributed by atoms with E-state index in [0.717, 1.165) is 9.88 Å². The second-order valence-corrected chi connectivity index (χ2v) is 6.89. The number of hydrogen-bond acceptors (Lipinski definition) is 5. The molecule has 1 fully saturated rings. The molecule has 0 saturated carbocycles. The van der Waals surface area contributed by atoms with Crippen molar-refractivity contribution >= 4 is 34.6 Å². The summed E-state index contributed by atoms with van der Waals surface area (Å²) in [6.07, 6.45) is 2.67. The Bertz CT molecular complexity index is 643. The molecule has 0 atom stereocenters. The van der Waals surface area contributed by atoms with Crippen LogP contribution in [0.3, 0.4) is 0 Å². The number of nitrogens with zero attached hydrogens (tertiary/aromatic N) is 2. The van der Waals surface area contributed by atoms with E-state index in [1.165, 1.54) is 11.3 Å². The first-order chi connectivity index (χ1) is 10.1. The smallest absolute Gasteiger partial charge is 0.306 e. The predicted octanol–water partition coefficient (Wildman–Crippen LogP) is 2.81. The zero-order valence-electron chi connectivity index (χ0n) is 11.2. The maximum Gasteiger partial charge on any atom is 0.306 e. The van der Waals surface area contributed by atoms with Crippen LogP contribution in [0.2, 0.25) is 0 Å². The van der Waals surface area contributed by atoms with Crippen LogP contribution in [0.25, 0.3) is 9.88 Å². The second kappa shape index (κ2) is 5.95. The predicted molar refractivity (Wildman–Crippen MR) is 81.7 cm³/mol. The maximum atomic E-state index is 12.4. The number of hydrogen-bond donors (Lipinski definition) is 1. The first-order valence-corrected chi connectivity index (χ1v) is 8.36. The average molecular weight is 322 g/mol. The van der Waals surface area contributed by atoms with E-state index in [0.29, 0.717) is 30.8 Å². The molecule has 1 saturated heterocycles. The van der Waals surface area contributed by atoms with Crippen LogP contribution in [0.5, 0.6) is 0 Å². The summed E-state index contributed by atoms with van der Waals surface area (Å²) in [6, 6.07) is 3.94. The van der Waals surface area contributed by atoms with Gasteiger partial charge >= 0.3 is 5.97 Å². The highest BCUT2D eigenvalue weighted by Crippen LogP contribution is 2.30. The molecule has 0 spiro atoms. The molecule has 0 aliphatic carbocycles. The molecular weight excluding hydrogens is 308 g/mol. The van der Waals surface area contributed by atoms with Crippen LogP contribution < -0.4 is 0 Å². The Kier molecular flexibility index (Phi) is 4.03. The number of carboxylic acid groups (broad SMARTS) is 1. The Hall–Kier alpha value is -1.73. The van der Waals surface area contributed by atoms with Gasteiger partial charge in [0.15, 0.2) is 0 Å². The largest absolute Gasteiger partial charge is 0.481 e. The summed E-state index contributed by atoms with van der Waals surface area (Å²) in [5.74, 6) is -1.13. The van der Waals surface area contributed by atoms with Crippen molar-refractivity contribution in [3.05, 3.63) is 28.6 Å². The van der Waals surface area contributed by atoms with Gasteiger partial charge in [0.25, 0.3) is 5.91 Å². The molecule has 0 radical (unpaired) electrons. The quantitative estimate of drug-likeness (QED) is 0.943. The number of thiazole rings is 1. The molecule has 2 aromatic heterocycles. The summed E-state index contributed by atoms with van der Waals surface area (Å²) in [5, 5.41) is 11.8. The first kappa shape index (κ1) is 14.2. The summed E-state index contributed by atoms with van der Waals surface area (Å²) in [6.45, 7) is 1.00. The van der Waals surface area contributed by atoms with Gasteiger partial charge in [-0.05, 0) is 24.3 Å². The van der Waals surface area contributed by atoms with Crippen molar-refractivity contribution in [1.82, 2.24) is 9.88 Å². The van der Waals surface area contributed by atoms with Crippen LogP contribution in [-0.4, -0.2) is 40.0 Å². The molecule has 3 heterocycles. The topological polar surface area (TPSA) is 70.5 Å². The minimum Gasteiger partial charge on any atom is -0.481 e. The van der Waals surface area contributed by atoms with Gasteiger partial charge in [0.1, 0.15) is 9.88 Å². The lowest BCUT2D eigenvalue weighted by atomic mass is 9.97.